The minimum Gasteiger partial charge on any atom is -0.444 e. The van der Waals surface area contributed by atoms with Crippen LogP contribution in [0.3, 0.4) is 0 Å². The van der Waals surface area contributed by atoms with Crippen molar-refractivity contribution in [1.82, 2.24) is 0 Å². The second-order valence-electron chi connectivity index (χ2n) is 5.72. The van der Waals surface area contributed by atoms with Crippen molar-refractivity contribution < 1.29 is 9.53 Å². The average Bonchev–Trinajstić information content (AvgIpc) is 2.93. The molecule has 1 aliphatic carbocycles. The van der Waals surface area contributed by atoms with Crippen LogP contribution in [-0.4, -0.2) is 17.7 Å². The summed E-state index contributed by atoms with van der Waals surface area (Å²) in [7, 11) is 0. The van der Waals surface area contributed by atoms with E-state index in [0.29, 0.717) is 5.92 Å². The molecule has 1 fully saturated rings. The quantitative estimate of drug-likeness (QED) is 0.845. The summed E-state index contributed by atoms with van der Waals surface area (Å²) in [6.07, 6.45) is 0.552. The third-order valence-electron chi connectivity index (χ3n) is 2.84. The molecular weight excluding hydrogens is 228 g/mol. The molecule has 3 N–H and O–H groups in total. The molecule has 1 aromatic rings. The van der Waals surface area contributed by atoms with E-state index in [-0.39, 0.29) is 6.04 Å². The Bertz CT molecular complexity index is 451. The maximum Gasteiger partial charge on any atom is 0.412 e. The SMILES string of the molecule is CC(C)(C)OC(=O)Nc1ccccc1C1CC1N. The lowest BCUT2D eigenvalue weighted by molar-refractivity contribution is 0.0636. The minimum absolute atomic E-state index is 0.214. The first-order valence-electron chi connectivity index (χ1n) is 6.21. The number of nitrogens with two attached hydrogens (primary N) is 1. The Hall–Kier alpha value is -1.55. The van der Waals surface area contributed by atoms with Crippen LogP contribution in [0.2, 0.25) is 0 Å². The first-order valence-corrected chi connectivity index (χ1v) is 6.21. The van der Waals surface area contributed by atoms with Crippen molar-refractivity contribution in [2.24, 2.45) is 5.73 Å². The molecule has 2 atom stereocenters. The number of hydrogen-bond acceptors (Lipinski definition) is 3. The Kier molecular flexibility index (Phi) is 3.30. The molecule has 0 bridgehead atoms. The van der Waals surface area contributed by atoms with E-state index in [9.17, 15) is 4.79 Å². The van der Waals surface area contributed by atoms with Crippen molar-refractivity contribution in [3.8, 4) is 0 Å². The van der Waals surface area contributed by atoms with E-state index in [1.165, 1.54) is 0 Å². The summed E-state index contributed by atoms with van der Waals surface area (Å²) in [5.41, 5.74) is 7.25. The highest BCUT2D eigenvalue weighted by Crippen LogP contribution is 2.42. The fourth-order valence-electron chi connectivity index (χ4n) is 1.92. The lowest BCUT2D eigenvalue weighted by Crippen LogP contribution is -2.27. The summed E-state index contributed by atoms with van der Waals surface area (Å²) in [4.78, 5) is 11.7. The molecule has 1 aliphatic rings. The van der Waals surface area contributed by atoms with Gasteiger partial charge in [0, 0.05) is 17.6 Å². The van der Waals surface area contributed by atoms with Crippen molar-refractivity contribution in [2.75, 3.05) is 5.32 Å². The first kappa shape index (κ1) is 12.9. The predicted molar refractivity (Wildman–Crippen MR) is 71.6 cm³/mol. The third kappa shape index (κ3) is 3.23. The second-order valence-corrected chi connectivity index (χ2v) is 5.72. The lowest BCUT2D eigenvalue weighted by atomic mass is 10.1. The van der Waals surface area contributed by atoms with Crippen LogP contribution in [0, 0.1) is 0 Å². The van der Waals surface area contributed by atoms with E-state index in [2.05, 4.69) is 5.32 Å². The zero-order valence-electron chi connectivity index (χ0n) is 11.1. The van der Waals surface area contributed by atoms with Gasteiger partial charge in [-0.1, -0.05) is 18.2 Å². The molecule has 2 rings (SSSR count). The van der Waals surface area contributed by atoms with E-state index < -0.39 is 11.7 Å². The smallest absolute Gasteiger partial charge is 0.412 e. The van der Waals surface area contributed by atoms with E-state index in [1.807, 2.05) is 45.0 Å². The minimum atomic E-state index is -0.491. The largest absolute Gasteiger partial charge is 0.444 e. The fraction of sp³-hybridized carbons (Fsp3) is 0.500. The Labute approximate surface area is 108 Å². The highest BCUT2D eigenvalue weighted by Gasteiger charge is 2.36. The Morgan fingerprint density at radius 1 is 1.39 bits per heavy atom. The van der Waals surface area contributed by atoms with Gasteiger partial charge in [0.15, 0.2) is 0 Å². The number of amides is 1. The average molecular weight is 248 g/mol. The number of nitrogens with one attached hydrogen (secondary N) is 1. The number of anilines is 1. The molecule has 1 saturated carbocycles. The van der Waals surface area contributed by atoms with Gasteiger partial charge in [-0.25, -0.2) is 4.79 Å². The molecule has 0 aromatic heterocycles. The van der Waals surface area contributed by atoms with Gasteiger partial charge in [-0.15, -0.1) is 0 Å². The monoisotopic (exact) mass is 248 g/mol. The molecule has 4 nitrogen and oxygen atoms in total. The Balaban J connectivity index is 2.07. The molecule has 18 heavy (non-hydrogen) atoms. The van der Waals surface area contributed by atoms with Crippen LogP contribution in [0.15, 0.2) is 24.3 Å². The fourth-order valence-corrected chi connectivity index (χ4v) is 1.92. The van der Waals surface area contributed by atoms with E-state index in [0.717, 1.165) is 17.7 Å². The van der Waals surface area contributed by atoms with Crippen molar-refractivity contribution in [2.45, 2.75) is 44.8 Å². The summed E-state index contributed by atoms with van der Waals surface area (Å²) < 4.78 is 5.24. The van der Waals surface area contributed by atoms with Crippen LogP contribution in [0.5, 0.6) is 0 Å². The van der Waals surface area contributed by atoms with Crippen LogP contribution in [0.25, 0.3) is 0 Å². The lowest BCUT2D eigenvalue weighted by Gasteiger charge is -2.20. The zero-order valence-corrected chi connectivity index (χ0v) is 11.1. The summed E-state index contributed by atoms with van der Waals surface area (Å²) in [6, 6.07) is 7.95. The normalized spacial score (nSPS) is 22.4. The molecular formula is C14H20N2O2. The molecule has 0 aliphatic heterocycles. The molecule has 0 heterocycles. The molecule has 0 saturated heterocycles. The van der Waals surface area contributed by atoms with E-state index in [4.69, 9.17) is 10.5 Å². The van der Waals surface area contributed by atoms with Gasteiger partial charge in [-0.3, -0.25) is 5.32 Å². The molecule has 0 spiro atoms. The molecule has 4 heteroatoms. The van der Waals surface area contributed by atoms with Crippen LogP contribution in [0.1, 0.15) is 38.7 Å². The van der Waals surface area contributed by atoms with Gasteiger partial charge in [0.05, 0.1) is 0 Å². The number of para-hydroxylation sites is 1. The number of carbonyl (C=O) groups is 1. The van der Waals surface area contributed by atoms with Crippen molar-refractivity contribution in [3.05, 3.63) is 29.8 Å². The molecule has 0 radical (unpaired) electrons. The van der Waals surface area contributed by atoms with E-state index >= 15 is 0 Å². The third-order valence-corrected chi connectivity index (χ3v) is 2.84. The summed E-state index contributed by atoms with van der Waals surface area (Å²) in [5.74, 6) is 0.358. The van der Waals surface area contributed by atoms with E-state index in [1.54, 1.807) is 0 Å². The van der Waals surface area contributed by atoms with Crippen LogP contribution in [0.4, 0.5) is 10.5 Å². The van der Waals surface area contributed by atoms with Gasteiger partial charge in [-0.2, -0.15) is 0 Å². The standard InChI is InChI=1S/C14H20N2O2/c1-14(2,3)18-13(17)16-12-7-5-4-6-9(12)10-8-11(10)15/h4-7,10-11H,8,15H2,1-3H3,(H,16,17). The number of rotatable bonds is 2. The number of benzene rings is 1. The number of ether oxygens (including phenoxy) is 1. The Morgan fingerprint density at radius 2 is 2.00 bits per heavy atom. The molecule has 1 amide bonds. The van der Waals surface area contributed by atoms with Crippen LogP contribution in [-0.2, 0) is 4.74 Å². The van der Waals surface area contributed by atoms with Gasteiger partial charge >= 0.3 is 6.09 Å². The second kappa shape index (κ2) is 4.61. The maximum absolute atomic E-state index is 11.7. The number of hydrogen-bond donors (Lipinski definition) is 2. The van der Waals surface area contributed by atoms with Gasteiger partial charge in [-0.05, 0) is 38.8 Å². The highest BCUT2D eigenvalue weighted by atomic mass is 16.6. The Morgan fingerprint density at radius 3 is 2.56 bits per heavy atom. The van der Waals surface area contributed by atoms with Gasteiger partial charge in [0.1, 0.15) is 5.60 Å². The topological polar surface area (TPSA) is 64.3 Å². The highest BCUT2D eigenvalue weighted by molar-refractivity contribution is 5.86. The summed E-state index contributed by atoms with van der Waals surface area (Å²) >= 11 is 0. The van der Waals surface area contributed by atoms with Crippen LogP contribution >= 0.6 is 0 Å². The van der Waals surface area contributed by atoms with Gasteiger partial charge in [0.2, 0.25) is 0 Å². The van der Waals surface area contributed by atoms with Crippen molar-refractivity contribution in [3.63, 3.8) is 0 Å². The zero-order chi connectivity index (χ0) is 13.3. The number of carbonyl (C=O) groups excluding carboxylic acids is 1. The van der Waals surface area contributed by atoms with Gasteiger partial charge in [0.25, 0.3) is 0 Å². The molecule has 98 valence electrons. The van der Waals surface area contributed by atoms with Crippen molar-refractivity contribution in [1.29, 1.82) is 0 Å². The van der Waals surface area contributed by atoms with Gasteiger partial charge < -0.3 is 10.5 Å². The summed E-state index contributed by atoms with van der Waals surface area (Å²) in [5, 5.41) is 2.79. The first-order chi connectivity index (χ1) is 8.37. The van der Waals surface area contributed by atoms with Crippen molar-refractivity contribution >= 4 is 11.8 Å². The van der Waals surface area contributed by atoms with Crippen LogP contribution < -0.4 is 11.1 Å². The molecule has 1 aromatic carbocycles. The predicted octanol–water partition coefficient (Wildman–Crippen LogP) is 2.85. The summed E-state index contributed by atoms with van der Waals surface area (Å²) in [6.45, 7) is 5.53. The molecule has 2 unspecified atom stereocenters. The maximum atomic E-state index is 11.7.